The van der Waals surface area contributed by atoms with Crippen molar-refractivity contribution in [1.29, 1.82) is 0 Å². The van der Waals surface area contributed by atoms with Crippen molar-refractivity contribution in [2.75, 3.05) is 25.6 Å². The first kappa shape index (κ1) is 25.3. The van der Waals surface area contributed by atoms with Gasteiger partial charge in [0.25, 0.3) is 5.91 Å². The van der Waals surface area contributed by atoms with Crippen LogP contribution in [0.2, 0.25) is 0 Å². The largest absolute Gasteiger partial charge is 0.435 e. The summed E-state index contributed by atoms with van der Waals surface area (Å²) in [6, 6.07) is 19.1. The number of carbonyl (C=O) groups excluding carboxylic acids is 1. The normalized spacial score (nSPS) is 11.4. The third-order valence-corrected chi connectivity index (χ3v) is 6.27. The molecule has 0 atom stereocenters. The summed E-state index contributed by atoms with van der Waals surface area (Å²) in [5.74, 6) is -0.461. The molecule has 0 heterocycles. The number of methoxy groups -OCH3 is 1. The molecule has 0 aliphatic heterocycles. The molecular weight excluding hydrogens is 466 g/mol. The van der Waals surface area contributed by atoms with Crippen LogP contribution in [0, 0.1) is 0 Å². The molecule has 0 radical (unpaired) electrons. The number of hydrogen-bond acceptors (Lipinski definition) is 5. The van der Waals surface area contributed by atoms with Crippen LogP contribution in [0.4, 0.5) is 14.5 Å². The highest BCUT2D eigenvalue weighted by molar-refractivity contribution is 7.89. The molecule has 34 heavy (non-hydrogen) atoms. The van der Waals surface area contributed by atoms with Gasteiger partial charge in [0.2, 0.25) is 10.0 Å². The van der Waals surface area contributed by atoms with Crippen molar-refractivity contribution in [2.24, 2.45) is 0 Å². The Hall–Kier alpha value is -3.34. The van der Waals surface area contributed by atoms with Crippen molar-refractivity contribution < 1.29 is 31.5 Å². The lowest BCUT2D eigenvalue weighted by molar-refractivity contribution is -0.0503. The third-order valence-electron chi connectivity index (χ3n) is 4.80. The topological polar surface area (TPSA) is 93.7 Å². The molecule has 0 bridgehead atoms. The molecule has 2 N–H and O–H groups in total. The van der Waals surface area contributed by atoms with Crippen molar-refractivity contribution >= 4 is 21.6 Å². The van der Waals surface area contributed by atoms with E-state index >= 15 is 0 Å². The van der Waals surface area contributed by atoms with Gasteiger partial charge in [-0.15, -0.1) is 0 Å². The molecule has 0 saturated heterocycles. The van der Waals surface area contributed by atoms with Crippen molar-refractivity contribution in [1.82, 2.24) is 4.72 Å². The molecule has 0 aliphatic carbocycles. The molecule has 0 aliphatic rings. The maximum absolute atomic E-state index is 12.8. The van der Waals surface area contributed by atoms with Gasteiger partial charge in [-0.1, -0.05) is 30.3 Å². The number of rotatable bonds is 11. The van der Waals surface area contributed by atoms with E-state index < -0.39 is 22.5 Å². The lowest BCUT2D eigenvalue weighted by atomic mass is 10.0. The fourth-order valence-corrected chi connectivity index (χ4v) is 4.19. The number of alkyl halides is 2. The second-order valence-electron chi connectivity index (χ2n) is 7.23. The molecule has 1 amide bonds. The zero-order valence-corrected chi connectivity index (χ0v) is 19.1. The quantitative estimate of drug-likeness (QED) is 0.396. The summed E-state index contributed by atoms with van der Waals surface area (Å²) in [5.41, 5.74) is 1.98. The first-order valence-corrected chi connectivity index (χ1v) is 11.8. The van der Waals surface area contributed by atoms with E-state index in [4.69, 9.17) is 4.74 Å². The molecule has 3 rings (SSSR count). The average molecular weight is 491 g/mol. The van der Waals surface area contributed by atoms with Gasteiger partial charge in [-0.05, 0) is 48.0 Å². The Kier molecular flexibility index (Phi) is 8.69. The van der Waals surface area contributed by atoms with Crippen LogP contribution in [0.3, 0.4) is 0 Å². The number of hydrogen-bond donors (Lipinski definition) is 2. The third kappa shape index (κ3) is 7.08. The maximum atomic E-state index is 12.8. The summed E-state index contributed by atoms with van der Waals surface area (Å²) in [7, 11) is -2.26. The van der Waals surface area contributed by atoms with Crippen LogP contribution in [0.5, 0.6) is 5.75 Å². The van der Waals surface area contributed by atoms with E-state index in [1.165, 1.54) is 43.5 Å². The standard InChI is InChI=1S/C24H24F2N2O5S/c1-32-14-13-27-34(30,31)21-10-7-18(8-11-21)23(29)28-20-9-12-22(33-24(25)26)19(16-20)15-17-5-3-2-4-6-17/h2-12,16,24,27H,13-15H2,1H3,(H,28,29). The fraction of sp³-hybridized carbons (Fsp3) is 0.208. The number of sulfonamides is 1. The summed E-state index contributed by atoms with van der Waals surface area (Å²) in [5, 5.41) is 2.70. The zero-order chi connectivity index (χ0) is 24.6. The minimum atomic E-state index is -3.72. The highest BCUT2D eigenvalue weighted by Crippen LogP contribution is 2.27. The second-order valence-corrected chi connectivity index (χ2v) is 9.00. The summed E-state index contributed by atoms with van der Waals surface area (Å²) >= 11 is 0. The van der Waals surface area contributed by atoms with Crippen molar-refractivity contribution in [2.45, 2.75) is 17.9 Å². The van der Waals surface area contributed by atoms with E-state index in [2.05, 4.69) is 14.8 Å². The van der Waals surface area contributed by atoms with Gasteiger partial charge in [-0.3, -0.25) is 4.79 Å². The first-order valence-electron chi connectivity index (χ1n) is 10.3. The first-order chi connectivity index (χ1) is 16.3. The summed E-state index contributed by atoms with van der Waals surface area (Å²) in [6.07, 6.45) is 0.329. The molecule has 0 saturated carbocycles. The number of carbonyl (C=O) groups is 1. The van der Waals surface area contributed by atoms with Gasteiger partial charge >= 0.3 is 6.61 Å². The smallest absolute Gasteiger partial charge is 0.387 e. The van der Waals surface area contributed by atoms with Gasteiger partial charge in [0.1, 0.15) is 5.75 Å². The Morgan fingerprint density at radius 3 is 2.35 bits per heavy atom. The summed E-state index contributed by atoms with van der Waals surface area (Å²) < 4.78 is 62.0. The zero-order valence-electron chi connectivity index (χ0n) is 18.3. The second kappa shape index (κ2) is 11.7. The number of halogens is 2. The molecule has 0 unspecified atom stereocenters. The van der Waals surface area contributed by atoms with E-state index in [1.807, 2.05) is 30.3 Å². The van der Waals surface area contributed by atoms with Crippen LogP contribution in [0.25, 0.3) is 0 Å². The SMILES string of the molecule is COCCNS(=O)(=O)c1ccc(C(=O)Nc2ccc(OC(F)F)c(Cc3ccccc3)c2)cc1. The Morgan fingerprint density at radius 2 is 1.71 bits per heavy atom. The average Bonchev–Trinajstić information content (AvgIpc) is 2.81. The predicted molar refractivity (Wildman–Crippen MR) is 124 cm³/mol. The van der Waals surface area contributed by atoms with Crippen LogP contribution in [-0.4, -0.2) is 41.2 Å². The molecule has 0 spiro atoms. The summed E-state index contributed by atoms with van der Waals surface area (Å²) in [6.45, 7) is -2.63. The minimum Gasteiger partial charge on any atom is -0.435 e. The van der Waals surface area contributed by atoms with E-state index in [0.717, 1.165) is 5.56 Å². The molecule has 0 aromatic heterocycles. The fourth-order valence-electron chi connectivity index (χ4n) is 3.17. The maximum Gasteiger partial charge on any atom is 0.387 e. The predicted octanol–water partition coefficient (Wildman–Crippen LogP) is 4.06. The molecule has 3 aromatic carbocycles. The van der Waals surface area contributed by atoms with Crippen LogP contribution in [0.1, 0.15) is 21.5 Å². The number of nitrogens with one attached hydrogen (secondary N) is 2. The van der Waals surface area contributed by atoms with Crippen molar-refractivity contribution in [3.05, 3.63) is 89.5 Å². The van der Waals surface area contributed by atoms with Crippen LogP contribution >= 0.6 is 0 Å². The van der Waals surface area contributed by atoms with Crippen LogP contribution < -0.4 is 14.8 Å². The molecule has 180 valence electrons. The van der Waals surface area contributed by atoms with Crippen LogP contribution in [-0.2, 0) is 21.2 Å². The number of ether oxygens (including phenoxy) is 2. The Morgan fingerprint density at radius 1 is 1.00 bits per heavy atom. The monoisotopic (exact) mass is 490 g/mol. The molecular formula is C24H24F2N2O5S. The Balaban J connectivity index is 1.75. The van der Waals surface area contributed by atoms with E-state index in [0.29, 0.717) is 17.7 Å². The van der Waals surface area contributed by atoms with Gasteiger partial charge < -0.3 is 14.8 Å². The van der Waals surface area contributed by atoms with E-state index in [9.17, 15) is 22.0 Å². The lowest BCUT2D eigenvalue weighted by Gasteiger charge is -2.14. The summed E-state index contributed by atoms with van der Waals surface area (Å²) in [4.78, 5) is 12.7. The van der Waals surface area contributed by atoms with Gasteiger partial charge in [0.05, 0.1) is 11.5 Å². The number of benzene rings is 3. The van der Waals surface area contributed by atoms with E-state index in [-0.39, 0.29) is 29.4 Å². The number of amides is 1. The molecule has 0 fully saturated rings. The Labute approximate surface area is 196 Å². The lowest BCUT2D eigenvalue weighted by Crippen LogP contribution is -2.27. The van der Waals surface area contributed by atoms with Gasteiger partial charge in [0.15, 0.2) is 0 Å². The van der Waals surface area contributed by atoms with Crippen LogP contribution in [0.15, 0.2) is 77.7 Å². The molecule has 7 nitrogen and oxygen atoms in total. The highest BCUT2D eigenvalue weighted by atomic mass is 32.2. The van der Waals surface area contributed by atoms with Gasteiger partial charge in [-0.25, -0.2) is 13.1 Å². The highest BCUT2D eigenvalue weighted by Gasteiger charge is 2.16. The van der Waals surface area contributed by atoms with Crippen molar-refractivity contribution in [3.63, 3.8) is 0 Å². The van der Waals surface area contributed by atoms with Crippen molar-refractivity contribution in [3.8, 4) is 5.75 Å². The Bertz CT molecular complexity index is 1200. The molecule has 3 aromatic rings. The molecule has 10 heteroatoms. The van der Waals surface area contributed by atoms with Gasteiger partial charge in [0, 0.05) is 36.9 Å². The van der Waals surface area contributed by atoms with Gasteiger partial charge in [-0.2, -0.15) is 8.78 Å². The van der Waals surface area contributed by atoms with E-state index in [1.54, 1.807) is 6.07 Å². The number of anilines is 1. The minimum absolute atomic E-state index is 0.0128.